The molecule has 1 aromatic rings. The van der Waals surface area contributed by atoms with E-state index in [0.717, 1.165) is 0 Å². The minimum absolute atomic E-state index is 0.0957. The molecule has 0 radical (unpaired) electrons. The Morgan fingerprint density at radius 1 is 1.14 bits per heavy atom. The predicted molar refractivity (Wildman–Crippen MR) is 75.7 cm³/mol. The molecule has 7 heteroatoms. The third-order valence-corrected chi connectivity index (χ3v) is 6.29. The van der Waals surface area contributed by atoms with Gasteiger partial charge in [0.05, 0.1) is 10.8 Å². The maximum absolute atomic E-state index is 12.8. The average Bonchev–Trinajstić information content (AvgIpc) is 2.44. The number of rotatable bonds is 7. The molecule has 2 unspecified atom stereocenters. The molecule has 0 aliphatic rings. The van der Waals surface area contributed by atoms with Crippen LogP contribution in [0.5, 0.6) is 0 Å². The highest BCUT2D eigenvalue weighted by Crippen LogP contribution is 2.38. The number of aliphatic carboxylic acids is 2. The molecule has 0 amide bonds. The molecule has 0 aromatic heterocycles. The van der Waals surface area contributed by atoms with Crippen LogP contribution in [0, 0.1) is 5.92 Å². The van der Waals surface area contributed by atoms with E-state index in [0.29, 0.717) is 0 Å². The molecule has 0 spiro atoms. The Kier molecular flexibility index (Phi) is 5.11. The summed E-state index contributed by atoms with van der Waals surface area (Å²) in [6.07, 6.45) is -0.425. The first-order chi connectivity index (χ1) is 9.75. The quantitative estimate of drug-likeness (QED) is 0.794. The number of benzene rings is 1. The number of hydrogen-bond donors (Lipinski definition) is 2. The van der Waals surface area contributed by atoms with Crippen molar-refractivity contribution >= 4 is 21.8 Å². The molecule has 21 heavy (non-hydrogen) atoms. The van der Waals surface area contributed by atoms with E-state index in [1.165, 1.54) is 38.1 Å². The summed E-state index contributed by atoms with van der Waals surface area (Å²) in [4.78, 5) is 22.9. The fourth-order valence-corrected chi connectivity index (χ4v) is 4.74. The zero-order chi connectivity index (χ0) is 16.3. The minimum Gasteiger partial charge on any atom is -0.481 e. The van der Waals surface area contributed by atoms with Gasteiger partial charge in [0.2, 0.25) is 0 Å². The Bertz CT molecular complexity index is 622. The van der Waals surface area contributed by atoms with Gasteiger partial charge in [-0.05, 0) is 25.0 Å². The first-order valence-electron chi connectivity index (χ1n) is 6.51. The minimum atomic E-state index is -4.35. The highest BCUT2D eigenvalue weighted by molar-refractivity contribution is 7.93. The molecule has 0 aliphatic heterocycles. The van der Waals surface area contributed by atoms with Crippen molar-refractivity contribution in [2.45, 2.75) is 36.3 Å². The van der Waals surface area contributed by atoms with Gasteiger partial charge in [0.15, 0.2) is 14.6 Å². The zero-order valence-electron chi connectivity index (χ0n) is 11.8. The van der Waals surface area contributed by atoms with Gasteiger partial charge >= 0.3 is 11.9 Å². The van der Waals surface area contributed by atoms with E-state index >= 15 is 0 Å². The molecule has 1 aromatic carbocycles. The van der Waals surface area contributed by atoms with Crippen LogP contribution < -0.4 is 0 Å². The lowest BCUT2D eigenvalue weighted by atomic mass is 9.87. The van der Waals surface area contributed by atoms with E-state index < -0.39 is 32.4 Å². The Balaban J connectivity index is 3.66. The van der Waals surface area contributed by atoms with Crippen LogP contribution in [0.1, 0.15) is 26.7 Å². The van der Waals surface area contributed by atoms with Gasteiger partial charge < -0.3 is 10.2 Å². The van der Waals surface area contributed by atoms with Crippen LogP contribution in [0.4, 0.5) is 0 Å². The zero-order valence-corrected chi connectivity index (χ0v) is 12.6. The van der Waals surface area contributed by atoms with Crippen molar-refractivity contribution in [2.75, 3.05) is 0 Å². The highest BCUT2D eigenvalue weighted by atomic mass is 32.2. The smallest absolute Gasteiger partial charge is 0.326 e. The fourth-order valence-electron chi connectivity index (χ4n) is 2.55. The second-order valence-electron chi connectivity index (χ2n) is 4.66. The van der Waals surface area contributed by atoms with E-state index in [4.69, 9.17) is 0 Å². The highest BCUT2D eigenvalue weighted by Gasteiger charge is 2.58. The van der Waals surface area contributed by atoms with Gasteiger partial charge in [-0.2, -0.15) is 0 Å². The number of carbonyl (C=O) groups is 2. The maximum Gasteiger partial charge on any atom is 0.326 e. The summed E-state index contributed by atoms with van der Waals surface area (Å²) in [6.45, 7) is 2.84. The van der Waals surface area contributed by atoms with Crippen molar-refractivity contribution in [3.8, 4) is 0 Å². The van der Waals surface area contributed by atoms with Crippen molar-refractivity contribution in [3.05, 3.63) is 30.3 Å². The third-order valence-electron chi connectivity index (χ3n) is 3.69. The van der Waals surface area contributed by atoms with E-state index in [1.807, 2.05) is 0 Å². The summed E-state index contributed by atoms with van der Waals surface area (Å²) in [5.74, 6) is -4.59. The summed E-state index contributed by atoms with van der Waals surface area (Å²) < 4.78 is 23.2. The molecule has 0 heterocycles. The molecule has 0 bridgehead atoms. The molecule has 6 nitrogen and oxygen atoms in total. The van der Waals surface area contributed by atoms with Crippen LogP contribution in [-0.2, 0) is 19.4 Å². The first-order valence-corrected chi connectivity index (χ1v) is 7.99. The lowest BCUT2D eigenvalue weighted by molar-refractivity contribution is -0.152. The lowest BCUT2D eigenvalue weighted by Crippen LogP contribution is -2.54. The van der Waals surface area contributed by atoms with Gasteiger partial charge in [0, 0.05) is 0 Å². The number of carboxylic acid groups (broad SMARTS) is 2. The largest absolute Gasteiger partial charge is 0.481 e. The lowest BCUT2D eigenvalue weighted by Gasteiger charge is -2.32. The average molecular weight is 314 g/mol. The Morgan fingerprint density at radius 3 is 2.00 bits per heavy atom. The van der Waals surface area contributed by atoms with Crippen molar-refractivity contribution in [3.63, 3.8) is 0 Å². The molecule has 0 saturated heterocycles. The number of carboxylic acids is 2. The second kappa shape index (κ2) is 6.26. The first kappa shape index (κ1) is 17.2. The number of sulfone groups is 1. The molecule has 0 fully saturated rings. The molecular weight excluding hydrogens is 296 g/mol. The summed E-state index contributed by atoms with van der Waals surface area (Å²) in [5.41, 5.74) is 0. The molecule has 116 valence electrons. The van der Waals surface area contributed by atoms with Crippen molar-refractivity contribution in [1.82, 2.24) is 0 Å². The Hall–Kier alpha value is -1.89. The van der Waals surface area contributed by atoms with Crippen molar-refractivity contribution < 1.29 is 28.2 Å². The van der Waals surface area contributed by atoms with E-state index in [1.54, 1.807) is 6.07 Å². The van der Waals surface area contributed by atoms with Crippen molar-refractivity contribution in [1.29, 1.82) is 0 Å². The third kappa shape index (κ3) is 2.65. The van der Waals surface area contributed by atoms with E-state index in [9.17, 15) is 28.2 Å². The normalized spacial score (nSPS) is 15.9. The maximum atomic E-state index is 12.8. The van der Waals surface area contributed by atoms with Crippen LogP contribution in [-0.4, -0.2) is 35.3 Å². The molecule has 0 aliphatic carbocycles. The van der Waals surface area contributed by atoms with Crippen LogP contribution in [0.3, 0.4) is 0 Å². The fraction of sp³-hybridized carbons (Fsp3) is 0.429. The topological polar surface area (TPSA) is 109 Å². The molecule has 1 rings (SSSR count). The number of hydrogen-bond acceptors (Lipinski definition) is 4. The van der Waals surface area contributed by atoms with Gasteiger partial charge in [-0.3, -0.25) is 9.59 Å². The monoisotopic (exact) mass is 314 g/mol. The van der Waals surface area contributed by atoms with Gasteiger partial charge in [-0.25, -0.2) is 8.42 Å². The molecular formula is C14H18O6S. The Labute approximate surface area is 123 Å². The standard InChI is InChI=1S/C14H18O6S/c1-3-11(12(15)16)14(4-2,13(17)18)21(19,20)10-8-6-5-7-9-10/h5-9,11H,3-4H2,1-2H3,(H,15,16)(H,17,18). The van der Waals surface area contributed by atoms with Crippen LogP contribution >= 0.6 is 0 Å². The van der Waals surface area contributed by atoms with Gasteiger partial charge in [-0.1, -0.05) is 32.0 Å². The Morgan fingerprint density at radius 2 is 1.67 bits per heavy atom. The van der Waals surface area contributed by atoms with Gasteiger partial charge in [0.25, 0.3) is 0 Å². The summed E-state index contributed by atoms with van der Waals surface area (Å²) >= 11 is 0. The van der Waals surface area contributed by atoms with Crippen molar-refractivity contribution in [2.24, 2.45) is 5.92 Å². The van der Waals surface area contributed by atoms with E-state index in [2.05, 4.69) is 0 Å². The van der Waals surface area contributed by atoms with Crippen LogP contribution in [0.2, 0.25) is 0 Å². The summed E-state index contributed by atoms with van der Waals surface area (Å²) in [7, 11) is -4.35. The summed E-state index contributed by atoms with van der Waals surface area (Å²) in [5, 5.41) is 18.8. The van der Waals surface area contributed by atoms with Gasteiger partial charge in [-0.15, -0.1) is 0 Å². The van der Waals surface area contributed by atoms with E-state index in [-0.39, 0.29) is 17.7 Å². The summed E-state index contributed by atoms with van der Waals surface area (Å²) in [6, 6.07) is 7.09. The molecule has 2 N–H and O–H groups in total. The molecule has 0 saturated carbocycles. The van der Waals surface area contributed by atoms with Crippen LogP contribution in [0.25, 0.3) is 0 Å². The molecule has 2 atom stereocenters. The second-order valence-corrected chi connectivity index (χ2v) is 6.87. The SMILES string of the molecule is CCC(C(=O)O)C(CC)(C(=O)O)S(=O)(=O)c1ccccc1. The van der Waals surface area contributed by atoms with Crippen LogP contribution in [0.15, 0.2) is 35.2 Å². The van der Waals surface area contributed by atoms with Gasteiger partial charge in [0.1, 0.15) is 0 Å². The predicted octanol–water partition coefficient (Wildman–Crippen LogP) is 1.80.